The van der Waals surface area contributed by atoms with Crippen LogP contribution in [0.3, 0.4) is 0 Å². The summed E-state index contributed by atoms with van der Waals surface area (Å²) in [5, 5.41) is 0. The SMILES string of the molecule is CCCCCN(c1ccc(OC)cc1)[C@](C/C=C/c1ccccc1)(C(=O)OC)c1ccccc1. The molecule has 0 spiro atoms. The van der Waals surface area contributed by atoms with Gasteiger partial charge in [0.1, 0.15) is 5.75 Å². The molecule has 0 saturated carbocycles. The first-order valence-electron chi connectivity index (χ1n) is 11.9. The summed E-state index contributed by atoms with van der Waals surface area (Å²) in [4.78, 5) is 15.9. The summed E-state index contributed by atoms with van der Waals surface area (Å²) in [5.74, 6) is 0.508. The van der Waals surface area contributed by atoms with Crippen LogP contribution in [0.1, 0.15) is 43.7 Å². The van der Waals surface area contributed by atoms with Gasteiger partial charge in [0, 0.05) is 18.7 Å². The molecule has 0 aromatic heterocycles. The summed E-state index contributed by atoms with van der Waals surface area (Å²) in [5.41, 5.74) is 1.95. The maximum atomic E-state index is 13.7. The molecule has 0 aliphatic heterocycles. The van der Waals surface area contributed by atoms with Gasteiger partial charge in [0.25, 0.3) is 0 Å². The van der Waals surface area contributed by atoms with Gasteiger partial charge in [-0.05, 0) is 41.8 Å². The topological polar surface area (TPSA) is 38.8 Å². The van der Waals surface area contributed by atoms with E-state index in [1.54, 1.807) is 7.11 Å². The number of ether oxygens (including phenoxy) is 2. The van der Waals surface area contributed by atoms with Crippen molar-refractivity contribution < 1.29 is 14.3 Å². The van der Waals surface area contributed by atoms with Crippen LogP contribution in [0.4, 0.5) is 5.69 Å². The Hall–Kier alpha value is -3.53. The lowest BCUT2D eigenvalue weighted by Crippen LogP contribution is -2.53. The second kappa shape index (κ2) is 12.6. The Balaban J connectivity index is 2.14. The van der Waals surface area contributed by atoms with Crippen molar-refractivity contribution in [3.05, 3.63) is 102 Å². The zero-order chi connectivity index (χ0) is 24.2. The lowest BCUT2D eigenvalue weighted by Gasteiger charge is -2.43. The van der Waals surface area contributed by atoms with Crippen molar-refractivity contribution in [1.82, 2.24) is 0 Å². The average Bonchev–Trinajstić information content (AvgIpc) is 2.90. The van der Waals surface area contributed by atoms with Crippen molar-refractivity contribution in [1.29, 1.82) is 0 Å². The highest BCUT2D eigenvalue weighted by Gasteiger charge is 2.46. The Labute approximate surface area is 203 Å². The van der Waals surface area contributed by atoms with Crippen LogP contribution in [-0.2, 0) is 15.1 Å². The molecule has 34 heavy (non-hydrogen) atoms. The Morgan fingerprint density at radius 3 is 2.12 bits per heavy atom. The van der Waals surface area contributed by atoms with E-state index in [-0.39, 0.29) is 5.97 Å². The van der Waals surface area contributed by atoms with Crippen LogP contribution in [0.25, 0.3) is 6.08 Å². The second-order valence-corrected chi connectivity index (χ2v) is 8.29. The molecule has 178 valence electrons. The minimum Gasteiger partial charge on any atom is -0.497 e. The monoisotopic (exact) mass is 457 g/mol. The molecule has 3 aromatic rings. The molecule has 0 bridgehead atoms. The highest BCUT2D eigenvalue weighted by molar-refractivity contribution is 5.87. The van der Waals surface area contributed by atoms with Gasteiger partial charge in [-0.25, -0.2) is 4.79 Å². The van der Waals surface area contributed by atoms with Gasteiger partial charge in [0.2, 0.25) is 0 Å². The molecule has 3 aromatic carbocycles. The summed E-state index contributed by atoms with van der Waals surface area (Å²) in [7, 11) is 3.13. The van der Waals surface area contributed by atoms with Gasteiger partial charge < -0.3 is 14.4 Å². The number of anilines is 1. The molecule has 0 amide bonds. The maximum absolute atomic E-state index is 13.7. The van der Waals surface area contributed by atoms with Crippen molar-refractivity contribution in [2.75, 3.05) is 25.7 Å². The predicted octanol–water partition coefficient (Wildman–Crippen LogP) is 6.86. The normalized spacial score (nSPS) is 12.8. The van der Waals surface area contributed by atoms with Gasteiger partial charge >= 0.3 is 5.97 Å². The van der Waals surface area contributed by atoms with E-state index in [0.717, 1.165) is 48.4 Å². The van der Waals surface area contributed by atoms with Crippen LogP contribution in [0, 0.1) is 0 Å². The van der Waals surface area contributed by atoms with Gasteiger partial charge in [-0.15, -0.1) is 0 Å². The molecule has 4 nitrogen and oxygen atoms in total. The van der Waals surface area contributed by atoms with Crippen LogP contribution in [0.2, 0.25) is 0 Å². The molecule has 0 N–H and O–H groups in total. The Morgan fingerprint density at radius 2 is 1.53 bits per heavy atom. The molecule has 0 saturated heterocycles. The number of nitrogens with zero attached hydrogens (tertiary/aromatic N) is 1. The smallest absolute Gasteiger partial charge is 0.336 e. The third kappa shape index (κ3) is 5.88. The molecule has 4 heteroatoms. The second-order valence-electron chi connectivity index (χ2n) is 8.29. The van der Waals surface area contributed by atoms with E-state index in [9.17, 15) is 4.79 Å². The van der Waals surface area contributed by atoms with Gasteiger partial charge in [-0.3, -0.25) is 0 Å². The third-order valence-corrected chi connectivity index (χ3v) is 6.13. The van der Waals surface area contributed by atoms with E-state index in [0.29, 0.717) is 6.42 Å². The molecule has 0 radical (unpaired) electrons. The fourth-order valence-corrected chi connectivity index (χ4v) is 4.33. The molecule has 3 rings (SSSR count). The van der Waals surface area contributed by atoms with Gasteiger partial charge in [-0.2, -0.15) is 0 Å². The number of benzene rings is 3. The van der Waals surface area contributed by atoms with E-state index in [4.69, 9.17) is 9.47 Å². The quantitative estimate of drug-likeness (QED) is 0.220. The van der Waals surface area contributed by atoms with E-state index >= 15 is 0 Å². The lowest BCUT2D eigenvalue weighted by atomic mass is 9.83. The highest BCUT2D eigenvalue weighted by atomic mass is 16.5. The van der Waals surface area contributed by atoms with E-state index in [1.165, 1.54) is 7.11 Å². The average molecular weight is 458 g/mol. The fourth-order valence-electron chi connectivity index (χ4n) is 4.33. The van der Waals surface area contributed by atoms with E-state index in [2.05, 4.69) is 36.1 Å². The largest absolute Gasteiger partial charge is 0.497 e. The highest BCUT2D eigenvalue weighted by Crippen LogP contribution is 2.39. The summed E-state index contributed by atoms with van der Waals surface area (Å²) in [6, 6.07) is 28.0. The standard InChI is InChI=1S/C30H35NO3/c1-4-5-12-24-31(27-19-21-28(33-2)22-20-27)30(29(32)34-3,26-17-10-7-11-18-26)23-13-16-25-14-8-6-9-15-25/h6-11,13-22H,4-5,12,23-24H2,1-3H3/b16-13+/t30-/m0/s1. The first kappa shape index (κ1) is 25.1. The Kier molecular flexibility index (Phi) is 9.33. The van der Waals surface area contributed by atoms with Crippen LogP contribution in [0.5, 0.6) is 5.75 Å². The lowest BCUT2D eigenvalue weighted by molar-refractivity contribution is -0.147. The molecule has 1 atom stereocenters. The molecule has 0 fully saturated rings. The van der Waals surface area contributed by atoms with Crippen LogP contribution in [0.15, 0.2) is 91.0 Å². The predicted molar refractivity (Wildman–Crippen MR) is 140 cm³/mol. The third-order valence-electron chi connectivity index (χ3n) is 6.13. The van der Waals surface area contributed by atoms with E-state index in [1.807, 2.05) is 72.8 Å². The van der Waals surface area contributed by atoms with Gasteiger partial charge in [0.15, 0.2) is 5.54 Å². The van der Waals surface area contributed by atoms with Gasteiger partial charge in [-0.1, -0.05) is 92.6 Å². The van der Waals surface area contributed by atoms with E-state index < -0.39 is 5.54 Å². The molecule has 0 unspecified atom stereocenters. The van der Waals surface area contributed by atoms with Crippen molar-refractivity contribution in [3.8, 4) is 5.75 Å². The zero-order valence-corrected chi connectivity index (χ0v) is 20.4. The number of rotatable bonds is 12. The van der Waals surface area contributed by atoms with Crippen molar-refractivity contribution in [3.63, 3.8) is 0 Å². The Bertz CT molecular complexity index is 1030. The number of hydrogen-bond donors (Lipinski definition) is 0. The molecule has 0 aliphatic rings. The van der Waals surface area contributed by atoms with Crippen LogP contribution in [-0.4, -0.2) is 26.7 Å². The summed E-state index contributed by atoms with van der Waals surface area (Å²) in [6.45, 7) is 2.91. The summed E-state index contributed by atoms with van der Waals surface area (Å²) in [6.07, 6.45) is 7.77. The number of methoxy groups -OCH3 is 2. The summed E-state index contributed by atoms with van der Waals surface area (Å²) < 4.78 is 10.9. The fraction of sp³-hybridized carbons (Fsp3) is 0.300. The minimum atomic E-state index is -1.01. The molecular formula is C30H35NO3. The van der Waals surface area contributed by atoms with Crippen LogP contribution < -0.4 is 9.64 Å². The number of carbonyl (C=O) groups is 1. The number of unbranched alkanes of at least 4 members (excludes halogenated alkanes) is 2. The number of esters is 1. The van der Waals surface area contributed by atoms with Crippen molar-refractivity contribution >= 4 is 17.7 Å². The first-order valence-corrected chi connectivity index (χ1v) is 11.9. The van der Waals surface area contributed by atoms with Crippen LogP contribution >= 0.6 is 0 Å². The Morgan fingerprint density at radius 1 is 0.882 bits per heavy atom. The first-order chi connectivity index (χ1) is 16.7. The minimum absolute atomic E-state index is 0.274. The van der Waals surface area contributed by atoms with Gasteiger partial charge in [0.05, 0.1) is 14.2 Å². The maximum Gasteiger partial charge on any atom is 0.336 e. The molecular weight excluding hydrogens is 422 g/mol. The number of carbonyl (C=O) groups excluding carboxylic acids is 1. The number of hydrogen-bond acceptors (Lipinski definition) is 4. The van der Waals surface area contributed by atoms with Crippen molar-refractivity contribution in [2.24, 2.45) is 0 Å². The van der Waals surface area contributed by atoms with Crippen molar-refractivity contribution in [2.45, 2.75) is 38.1 Å². The summed E-state index contributed by atoms with van der Waals surface area (Å²) >= 11 is 0. The molecule has 0 heterocycles. The zero-order valence-electron chi connectivity index (χ0n) is 20.4. The molecule has 0 aliphatic carbocycles.